The van der Waals surface area contributed by atoms with Crippen molar-refractivity contribution in [1.82, 2.24) is 14.7 Å². The van der Waals surface area contributed by atoms with Crippen molar-refractivity contribution in [2.75, 3.05) is 18.8 Å². The van der Waals surface area contributed by atoms with Gasteiger partial charge in [-0.2, -0.15) is 5.10 Å². The molecule has 1 aromatic heterocycles. The quantitative estimate of drug-likeness (QED) is 0.847. The van der Waals surface area contributed by atoms with Gasteiger partial charge >= 0.3 is 0 Å². The van der Waals surface area contributed by atoms with Crippen LogP contribution in [0.1, 0.15) is 32.4 Å². The van der Waals surface area contributed by atoms with E-state index in [1.165, 1.54) is 31.6 Å². The lowest BCUT2D eigenvalue weighted by Gasteiger charge is -2.30. The zero-order chi connectivity index (χ0) is 11.5. The second kappa shape index (κ2) is 4.87. The summed E-state index contributed by atoms with van der Waals surface area (Å²) in [6.45, 7) is 8.73. The molecule has 0 radical (unpaired) electrons. The van der Waals surface area contributed by atoms with Crippen LogP contribution in [0.15, 0.2) is 6.07 Å². The summed E-state index contributed by atoms with van der Waals surface area (Å²) >= 11 is 0. The molecule has 1 aliphatic rings. The van der Waals surface area contributed by atoms with Crippen molar-refractivity contribution in [3.05, 3.63) is 11.8 Å². The van der Waals surface area contributed by atoms with Crippen LogP contribution >= 0.6 is 0 Å². The Morgan fingerprint density at radius 1 is 1.56 bits per heavy atom. The lowest BCUT2D eigenvalue weighted by atomic mass is 10.0. The summed E-state index contributed by atoms with van der Waals surface area (Å²) < 4.78 is 2.01. The molecule has 16 heavy (non-hydrogen) atoms. The molecule has 1 atom stereocenters. The minimum Gasteiger partial charge on any atom is -0.382 e. The number of hydrogen-bond acceptors (Lipinski definition) is 3. The summed E-state index contributed by atoms with van der Waals surface area (Å²) in [7, 11) is 0. The predicted octanol–water partition coefficient (Wildman–Crippen LogP) is 1.72. The molecular weight excluding hydrogens is 200 g/mol. The molecule has 0 saturated carbocycles. The summed E-state index contributed by atoms with van der Waals surface area (Å²) in [6, 6.07) is 2.00. The van der Waals surface area contributed by atoms with Crippen molar-refractivity contribution < 1.29 is 0 Å². The molecule has 1 aliphatic heterocycles. The summed E-state index contributed by atoms with van der Waals surface area (Å²) in [5.41, 5.74) is 6.98. The third-order valence-electron chi connectivity index (χ3n) is 3.31. The largest absolute Gasteiger partial charge is 0.382 e. The average Bonchev–Trinajstić information content (AvgIpc) is 2.59. The third-order valence-corrected chi connectivity index (χ3v) is 3.31. The number of nitrogens with zero attached hydrogens (tertiary/aromatic N) is 3. The van der Waals surface area contributed by atoms with Crippen molar-refractivity contribution in [2.45, 2.75) is 39.8 Å². The molecule has 1 saturated heterocycles. The van der Waals surface area contributed by atoms with E-state index in [9.17, 15) is 0 Å². The van der Waals surface area contributed by atoms with Crippen LogP contribution in [-0.4, -0.2) is 27.8 Å². The first kappa shape index (κ1) is 11.5. The highest BCUT2D eigenvalue weighted by Gasteiger charge is 2.17. The molecule has 2 N–H and O–H groups in total. The Kier molecular flexibility index (Phi) is 3.49. The van der Waals surface area contributed by atoms with Crippen LogP contribution < -0.4 is 5.73 Å². The van der Waals surface area contributed by atoms with Gasteiger partial charge in [-0.05, 0) is 32.2 Å². The van der Waals surface area contributed by atoms with E-state index in [1.807, 2.05) is 10.7 Å². The molecule has 2 heterocycles. The third kappa shape index (κ3) is 2.55. The van der Waals surface area contributed by atoms with Crippen LogP contribution in [0, 0.1) is 5.92 Å². The summed E-state index contributed by atoms with van der Waals surface area (Å²) in [6.07, 6.45) is 2.68. The number of nitrogens with two attached hydrogens (primary N) is 1. The number of rotatable bonds is 3. The SMILES string of the molecule is CCn1nc(N)cc1CN1CCC[C@@H](C)C1. The van der Waals surface area contributed by atoms with Gasteiger partial charge in [-0.25, -0.2) is 0 Å². The number of hydrogen-bond donors (Lipinski definition) is 1. The van der Waals surface area contributed by atoms with Gasteiger partial charge < -0.3 is 5.73 Å². The fraction of sp³-hybridized carbons (Fsp3) is 0.750. The van der Waals surface area contributed by atoms with Gasteiger partial charge in [0.1, 0.15) is 5.82 Å². The molecule has 0 amide bonds. The van der Waals surface area contributed by atoms with E-state index in [4.69, 9.17) is 5.73 Å². The van der Waals surface area contributed by atoms with Crippen molar-refractivity contribution in [1.29, 1.82) is 0 Å². The minimum atomic E-state index is 0.641. The van der Waals surface area contributed by atoms with Gasteiger partial charge in [0.2, 0.25) is 0 Å². The number of piperidine rings is 1. The standard InChI is InChI=1S/C12H22N4/c1-3-16-11(7-12(13)14-16)9-15-6-4-5-10(2)8-15/h7,10H,3-6,8-9H2,1-2H3,(H2,13,14)/t10-/m1/s1. The molecule has 0 aromatic carbocycles. The van der Waals surface area contributed by atoms with Gasteiger partial charge in [0.05, 0.1) is 5.69 Å². The number of aryl methyl sites for hydroxylation is 1. The monoisotopic (exact) mass is 222 g/mol. The van der Waals surface area contributed by atoms with Gasteiger partial charge in [0.15, 0.2) is 0 Å². The highest BCUT2D eigenvalue weighted by molar-refractivity contribution is 5.29. The van der Waals surface area contributed by atoms with Crippen LogP contribution in [0.25, 0.3) is 0 Å². The molecular formula is C12H22N4. The molecule has 0 unspecified atom stereocenters. The molecule has 0 bridgehead atoms. The van der Waals surface area contributed by atoms with E-state index in [-0.39, 0.29) is 0 Å². The summed E-state index contributed by atoms with van der Waals surface area (Å²) in [5.74, 6) is 1.46. The van der Waals surface area contributed by atoms with Gasteiger partial charge in [-0.1, -0.05) is 6.92 Å². The number of aromatic nitrogens is 2. The molecule has 1 aromatic rings. The first-order valence-electron chi connectivity index (χ1n) is 6.23. The second-order valence-electron chi connectivity index (χ2n) is 4.86. The van der Waals surface area contributed by atoms with Crippen LogP contribution in [0.5, 0.6) is 0 Å². The first-order valence-corrected chi connectivity index (χ1v) is 6.23. The molecule has 1 fully saturated rings. The molecule has 2 rings (SSSR count). The minimum absolute atomic E-state index is 0.641. The number of nitrogen functional groups attached to an aromatic ring is 1. The maximum Gasteiger partial charge on any atom is 0.145 e. The van der Waals surface area contributed by atoms with Crippen LogP contribution in [0.3, 0.4) is 0 Å². The van der Waals surface area contributed by atoms with Crippen LogP contribution in [-0.2, 0) is 13.1 Å². The van der Waals surface area contributed by atoms with Crippen molar-refractivity contribution in [2.24, 2.45) is 5.92 Å². The van der Waals surface area contributed by atoms with E-state index in [2.05, 4.69) is 23.8 Å². The highest BCUT2D eigenvalue weighted by atomic mass is 15.3. The molecule has 4 heteroatoms. The Hall–Kier alpha value is -1.03. The molecule has 4 nitrogen and oxygen atoms in total. The number of anilines is 1. The van der Waals surface area contributed by atoms with Crippen molar-refractivity contribution in [3.63, 3.8) is 0 Å². The van der Waals surface area contributed by atoms with Crippen LogP contribution in [0.4, 0.5) is 5.82 Å². The maximum absolute atomic E-state index is 5.74. The van der Waals surface area contributed by atoms with Gasteiger partial charge in [-0.3, -0.25) is 9.58 Å². The Balaban J connectivity index is 2.02. The Morgan fingerprint density at radius 2 is 2.38 bits per heavy atom. The smallest absolute Gasteiger partial charge is 0.145 e. The maximum atomic E-state index is 5.74. The number of likely N-dealkylation sites (tertiary alicyclic amines) is 1. The van der Waals surface area contributed by atoms with Crippen molar-refractivity contribution >= 4 is 5.82 Å². The Bertz CT molecular complexity index is 345. The predicted molar refractivity (Wildman–Crippen MR) is 66.0 cm³/mol. The molecule has 90 valence electrons. The first-order chi connectivity index (χ1) is 7.69. The zero-order valence-corrected chi connectivity index (χ0v) is 10.3. The second-order valence-corrected chi connectivity index (χ2v) is 4.86. The fourth-order valence-electron chi connectivity index (χ4n) is 2.54. The summed E-state index contributed by atoms with van der Waals surface area (Å²) in [4.78, 5) is 2.51. The highest BCUT2D eigenvalue weighted by Crippen LogP contribution is 2.18. The lowest BCUT2D eigenvalue weighted by molar-refractivity contribution is 0.172. The van der Waals surface area contributed by atoms with Gasteiger partial charge in [0, 0.05) is 25.7 Å². The average molecular weight is 222 g/mol. The zero-order valence-electron chi connectivity index (χ0n) is 10.3. The van der Waals surface area contributed by atoms with E-state index in [0.717, 1.165) is 19.0 Å². The van der Waals surface area contributed by atoms with E-state index >= 15 is 0 Å². The van der Waals surface area contributed by atoms with E-state index in [1.54, 1.807) is 0 Å². The van der Waals surface area contributed by atoms with E-state index < -0.39 is 0 Å². The lowest BCUT2D eigenvalue weighted by Crippen LogP contribution is -2.34. The van der Waals surface area contributed by atoms with Crippen LogP contribution in [0.2, 0.25) is 0 Å². The Labute approximate surface area is 97.4 Å². The summed E-state index contributed by atoms with van der Waals surface area (Å²) in [5, 5.41) is 4.28. The van der Waals surface area contributed by atoms with E-state index in [0.29, 0.717) is 5.82 Å². The van der Waals surface area contributed by atoms with Gasteiger partial charge in [0.25, 0.3) is 0 Å². The van der Waals surface area contributed by atoms with Crippen molar-refractivity contribution in [3.8, 4) is 0 Å². The molecule has 0 aliphatic carbocycles. The Morgan fingerprint density at radius 3 is 3.06 bits per heavy atom. The van der Waals surface area contributed by atoms with Gasteiger partial charge in [-0.15, -0.1) is 0 Å². The fourth-order valence-corrected chi connectivity index (χ4v) is 2.54. The normalized spacial score (nSPS) is 22.5. The topological polar surface area (TPSA) is 47.1 Å². The molecule has 0 spiro atoms.